The van der Waals surface area contributed by atoms with Gasteiger partial charge in [0.1, 0.15) is 0 Å². The molecule has 1 aromatic carbocycles. The van der Waals surface area contributed by atoms with E-state index in [2.05, 4.69) is 41.4 Å². The van der Waals surface area contributed by atoms with Gasteiger partial charge in [0.05, 0.1) is 6.61 Å². The Balaban J connectivity index is 1.65. The summed E-state index contributed by atoms with van der Waals surface area (Å²) in [4.78, 5) is 2.70. The molecule has 3 unspecified atom stereocenters. The molecule has 0 spiro atoms. The molecule has 2 aliphatic heterocycles. The first-order chi connectivity index (χ1) is 9.81. The van der Waals surface area contributed by atoms with E-state index < -0.39 is 0 Å². The second-order valence-corrected chi connectivity index (χ2v) is 6.24. The van der Waals surface area contributed by atoms with E-state index in [9.17, 15) is 0 Å². The van der Waals surface area contributed by atoms with E-state index >= 15 is 0 Å². The van der Waals surface area contributed by atoms with Crippen LogP contribution in [0.25, 0.3) is 0 Å². The maximum absolute atomic E-state index is 5.17. The highest BCUT2D eigenvalue weighted by Gasteiger charge is 2.42. The molecular weight excluding hydrogens is 248 g/mol. The maximum Gasteiger partial charge on any atom is 0.0713 e. The molecule has 3 nitrogen and oxygen atoms in total. The summed E-state index contributed by atoms with van der Waals surface area (Å²) in [5, 5.41) is 3.55. The van der Waals surface area contributed by atoms with Crippen molar-refractivity contribution in [1.82, 2.24) is 10.2 Å². The molecule has 0 radical (unpaired) electrons. The third-order valence-corrected chi connectivity index (χ3v) is 4.96. The summed E-state index contributed by atoms with van der Waals surface area (Å²) in [5.41, 5.74) is 2.68. The highest BCUT2D eigenvalue weighted by atomic mass is 16.5. The van der Waals surface area contributed by atoms with Gasteiger partial charge in [0.15, 0.2) is 0 Å². The normalized spacial score (nSPS) is 29.8. The molecule has 1 aromatic rings. The van der Waals surface area contributed by atoms with Gasteiger partial charge in [-0.1, -0.05) is 31.2 Å². The van der Waals surface area contributed by atoms with Crippen molar-refractivity contribution in [3.8, 4) is 0 Å². The summed E-state index contributed by atoms with van der Waals surface area (Å²) >= 11 is 0. The lowest BCUT2D eigenvalue weighted by Gasteiger charge is -2.26. The highest BCUT2D eigenvalue weighted by Crippen LogP contribution is 2.35. The minimum atomic E-state index is 0.706. The molecule has 0 saturated carbocycles. The first kappa shape index (κ1) is 14.1. The Kier molecular flexibility index (Phi) is 4.39. The zero-order valence-corrected chi connectivity index (χ0v) is 12.6. The van der Waals surface area contributed by atoms with E-state index in [1.165, 1.54) is 37.2 Å². The molecule has 0 amide bonds. The summed E-state index contributed by atoms with van der Waals surface area (Å²) in [6, 6.07) is 9.66. The van der Waals surface area contributed by atoms with Gasteiger partial charge in [-0.2, -0.15) is 0 Å². The van der Waals surface area contributed by atoms with E-state index in [0.29, 0.717) is 6.61 Å². The molecule has 3 atom stereocenters. The standard InChI is InChI=1S/C17H26N2O/c1-3-17-16-9-18-8-15(16)11-19(17)10-13-4-6-14(7-5-13)12-20-2/h4-7,15-18H,3,8-12H2,1-2H3. The number of nitrogens with one attached hydrogen (secondary N) is 1. The third-order valence-electron chi connectivity index (χ3n) is 4.96. The van der Waals surface area contributed by atoms with Gasteiger partial charge in [-0.15, -0.1) is 0 Å². The monoisotopic (exact) mass is 274 g/mol. The van der Waals surface area contributed by atoms with Crippen LogP contribution in [0.2, 0.25) is 0 Å². The second-order valence-electron chi connectivity index (χ2n) is 6.24. The van der Waals surface area contributed by atoms with Crippen LogP contribution < -0.4 is 5.32 Å². The molecule has 0 aliphatic carbocycles. The molecule has 110 valence electrons. The van der Waals surface area contributed by atoms with Crippen molar-refractivity contribution in [2.24, 2.45) is 11.8 Å². The summed E-state index contributed by atoms with van der Waals surface area (Å²) in [7, 11) is 1.75. The number of nitrogens with zero attached hydrogens (tertiary/aromatic N) is 1. The van der Waals surface area contributed by atoms with Gasteiger partial charge in [-0.25, -0.2) is 0 Å². The van der Waals surface area contributed by atoms with Gasteiger partial charge in [-0.3, -0.25) is 4.90 Å². The number of hydrogen-bond donors (Lipinski definition) is 1. The van der Waals surface area contributed by atoms with Gasteiger partial charge in [-0.05, 0) is 42.5 Å². The average Bonchev–Trinajstić information content (AvgIpc) is 3.01. The predicted molar refractivity (Wildman–Crippen MR) is 81.5 cm³/mol. The Labute approximate surface area is 122 Å². The van der Waals surface area contributed by atoms with Crippen LogP contribution in [0.1, 0.15) is 24.5 Å². The second kappa shape index (κ2) is 6.25. The first-order valence-electron chi connectivity index (χ1n) is 7.83. The highest BCUT2D eigenvalue weighted by molar-refractivity contribution is 5.22. The number of ether oxygens (including phenoxy) is 1. The largest absolute Gasteiger partial charge is 0.380 e. The molecule has 0 bridgehead atoms. The molecule has 0 aromatic heterocycles. The van der Waals surface area contributed by atoms with Crippen molar-refractivity contribution >= 4 is 0 Å². The molecule has 3 rings (SSSR count). The molecule has 2 aliphatic rings. The minimum absolute atomic E-state index is 0.706. The van der Waals surface area contributed by atoms with Crippen LogP contribution in [-0.4, -0.2) is 37.7 Å². The summed E-state index contributed by atoms with van der Waals surface area (Å²) in [6.07, 6.45) is 1.27. The SMILES string of the molecule is CCC1C2CNCC2CN1Cc1ccc(COC)cc1. The van der Waals surface area contributed by atoms with Gasteiger partial charge < -0.3 is 10.1 Å². The topological polar surface area (TPSA) is 24.5 Å². The van der Waals surface area contributed by atoms with Crippen molar-refractivity contribution in [1.29, 1.82) is 0 Å². The Hall–Kier alpha value is -0.900. The van der Waals surface area contributed by atoms with Crippen molar-refractivity contribution in [2.75, 3.05) is 26.7 Å². The number of methoxy groups -OCH3 is 1. The van der Waals surface area contributed by atoms with Crippen molar-refractivity contribution < 1.29 is 4.74 Å². The van der Waals surface area contributed by atoms with Gasteiger partial charge in [0.25, 0.3) is 0 Å². The Morgan fingerprint density at radius 2 is 1.95 bits per heavy atom. The fourth-order valence-corrected chi connectivity index (χ4v) is 4.00. The van der Waals surface area contributed by atoms with Crippen LogP contribution in [0.4, 0.5) is 0 Å². The molecule has 2 fully saturated rings. The summed E-state index contributed by atoms with van der Waals surface area (Å²) in [6.45, 7) is 7.82. The maximum atomic E-state index is 5.17. The number of benzene rings is 1. The van der Waals surface area contributed by atoms with Crippen LogP contribution >= 0.6 is 0 Å². The van der Waals surface area contributed by atoms with E-state index in [-0.39, 0.29) is 0 Å². The molecular formula is C17H26N2O. The van der Waals surface area contributed by atoms with Crippen molar-refractivity contribution in [3.05, 3.63) is 35.4 Å². The van der Waals surface area contributed by atoms with Crippen molar-refractivity contribution in [2.45, 2.75) is 32.5 Å². The Morgan fingerprint density at radius 3 is 2.65 bits per heavy atom. The zero-order valence-electron chi connectivity index (χ0n) is 12.6. The van der Waals surface area contributed by atoms with Crippen LogP contribution in [-0.2, 0) is 17.9 Å². The number of fused-ring (bicyclic) bond motifs is 1. The average molecular weight is 274 g/mol. The molecule has 20 heavy (non-hydrogen) atoms. The van der Waals surface area contributed by atoms with E-state index in [4.69, 9.17) is 4.74 Å². The van der Waals surface area contributed by atoms with Gasteiger partial charge in [0, 0.05) is 26.2 Å². The minimum Gasteiger partial charge on any atom is -0.380 e. The summed E-state index contributed by atoms with van der Waals surface area (Å²) < 4.78 is 5.17. The lowest BCUT2D eigenvalue weighted by molar-refractivity contribution is 0.184. The number of likely N-dealkylation sites (tertiary alicyclic amines) is 1. The smallest absolute Gasteiger partial charge is 0.0713 e. The third kappa shape index (κ3) is 2.76. The van der Waals surface area contributed by atoms with Crippen LogP contribution in [0.3, 0.4) is 0 Å². The fraction of sp³-hybridized carbons (Fsp3) is 0.647. The zero-order chi connectivity index (χ0) is 13.9. The molecule has 3 heteroatoms. The number of hydrogen-bond acceptors (Lipinski definition) is 3. The Morgan fingerprint density at radius 1 is 1.20 bits per heavy atom. The number of rotatable bonds is 5. The van der Waals surface area contributed by atoms with Gasteiger partial charge in [0.2, 0.25) is 0 Å². The molecule has 2 heterocycles. The van der Waals surface area contributed by atoms with Gasteiger partial charge >= 0.3 is 0 Å². The van der Waals surface area contributed by atoms with E-state index in [0.717, 1.165) is 24.4 Å². The molecule has 2 saturated heterocycles. The first-order valence-corrected chi connectivity index (χ1v) is 7.83. The lowest BCUT2D eigenvalue weighted by atomic mass is 9.93. The van der Waals surface area contributed by atoms with Crippen LogP contribution in [0.5, 0.6) is 0 Å². The predicted octanol–water partition coefficient (Wildman–Crippen LogP) is 2.26. The van der Waals surface area contributed by atoms with Crippen LogP contribution in [0, 0.1) is 11.8 Å². The fourth-order valence-electron chi connectivity index (χ4n) is 4.00. The Bertz CT molecular complexity index is 431. The lowest BCUT2D eigenvalue weighted by Crippen LogP contribution is -2.34. The van der Waals surface area contributed by atoms with E-state index in [1.807, 2.05) is 0 Å². The summed E-state index contributed by atoms with van der Waals surface area (Å²) in [5.74, 6) is 1.74. The van der Waals surface area contributed by atoms with Crippen molar-refractivity contribution in [3.63, 3.8) is 0 Å². The quantitative estimate of drug-likeness (QED) is 0.891. The van der Waals surface area contributed by atoms with Crippen LogP contribution in [0.15, 0.2) is 24.3 Å². The van der Waals surface area contributed by atoms with E-state index in [1.54, 1.807) is 7.11 Å². The molecule has 1 N–H and O–H groups in total.